The van der Waals surface area contributed by atoms with Crippen LogP contribution in [-0.4, -0.2) is 26.7 Å². The maximum absolute atomic E-state index is 12.3. The number of fused-ring (bicyclic) bond motifs is 1. The van der Waals surface area contributed by atoms with Crippen LogP contribution in [0.2, 0.25) is 0 Å². The minimum Gasteiger partial charge on any atom is -0.337 e. The second-order valence-electron chi connectivity index (χ2n) is 5.78. The Labute approximate surface area is 134 Å². The van der Waals surface area contributed by atoms with Crippen molar-refractivity contribution in [3.63, 3.8) is 0 Å². The third-order valence-electron chi connectivity index (χ3n) is 3.80. The summed E-state index contributed by atoms with van der Waals surface area (Å²) in [6.45, 7) is 7.39. The molecule has 0 fully saturated rings. The summed E-state index contributed by atoms with van der Waals surface area (Å²) < 4.78 is 0. The van der Waals surface area contributed by atoms with E-state index in [-0.39, 0.29) is 17.1 Å². The zero-order chi connectivity index (χ0) is 16.3. The highest BCUT2D eigenvalue weighted by molar-refractivity contribution is 8.00. The average molecular weight is 316 g/mol. The number of nitrogens with zero attached hydrogens (tertiary/aromatic N) is 2. The van der Waals surface area contributed by atoms with Crippen molar-refractivity contribution in [2.45, 2.75) is 43.6 Å². The third kappa shape index (κ3) is 3.42. The van der Waals surface area contributed by atoms with Gasteiger partial charge in [0, 0.05) is 0 Å². The minimum atomic E-state index is -0.861. The molecule has 2 aromatic rings. The minimum absolute atomic E-state index is 0.0323. The zero-order valence-corrected chi connectivity index (χ0v) is 14.0. The topological polar surface area (TPSA) is 81.6 Å². The molecule has 0 saturated carbocycles. The van der Waals surface area contributed by atoms with E-state index < -0.39 is 5.54 Å². The molecule has 1 aromatic heterocycles. The molecule has 0 radical (unpaired) electrons. The fraction of sp³-hybridized carbons (Fsp3) is 0.438. The van der Waals surface area contributed by atoms with Crippen LogP contribution < -0.4 is 5.32 Å². The number of hydrogen-bond donors (Lipinski definition) is 2. The summed E-state index contributed by atoms with van der Waals surface area (Å²) in [4.78, 5) is 20.0. The van der Waals surface area contributed by atoms with Crippen LogP contribution in [0.25, 0.3) is 11.0 Å². The van der Waals surface area contributed by atoms with Gasteiger partial charge in [-0.2, -0.15) is 5.26 Å². The molecule has 116 valence electrons. The van der Waals surface area contributed by atoms with E-state index in [2.05, 4.69) is 21.4 Å². The Morgan fingerprint density at radius 1 is 1.41 bits per heavy atom. The molecule has 2 N–H and O–H groups in total. The number of nitriles is 1. The van der Waals surface area contributed by atoms with Gasteiger partial charge in [0.15, 0.2) is 5.16 Å². The van der Waals surface area contributed by atoms with Crippen molar-refractivity contribution in [2.75, 3.05) is 0 Å². The molecule has 2 unspecified atom stereocenters. The maximum atomic E-state index is 12.3. The van der Waals surface area contributed by atoms with Crippen molar-refractivity contribution in [1.29, 1.82) is 5.26 Å². The summed E-state index contributed by atoms with van der Waals surface area (Å²) in [7, 11) is 0. The van der Waals surface area contributed by atoms with Gasteiger partial charge < -0.3 is 10.3 Å². The quantitative estimate of drug-likeness (QED) is 0.831. The van der Waals surface area contributed by atoms with Gasteiger partial charge in [0.2, 0.25) is 5.91 Å². The Kier molecular flexibility index (Phi) is 4.77. The van der Waals surface area contributed by atoms with E-state index in [9.17, 15) is 10.1 Å². The lowest BCUT2D eigenvalue weighted by Crippen LogP contribution is -2.51. The first kappa shape index (κ1) is 16.4. The molecular weight excluding hydrogens is 296 g/mol. The Balaban J connectivity index is 2.07. The first-order valence-electron chi connectivity index (χ1n) is 7.20. The number of hydrogen-bond acceptors (Lipinski definition) is 4. The fourth-order valence-corrected chi connectivity index (χ4v) is 2.69. The molecule has 0 aliphatic carbocycles. The first-order valence-corrected chi connectivity index (χ1v) is 8.08. The van der Waals surface area contributed by atoms with E-state index in [0.717, 1.165) is 11.0 Å². The van der Waals surface area contributed by atoms with Crippen LogP contribution in [0, 0.1) is 17.2 Å². The summed E-state index contributed by atoms with van der Waals surface area (Å²) in [6, 6.07) is 9.92. The SMILES string of the molecule is CC(Sc1nc2ccccc2[nH]1)C(=O)NC(C)(C#N)C(C)C. The van der Waals surface area contributed by atoms with Gasteiger partial charge in [0.1, 0.15) is 5.54 Å². The second kappa shape index (κ2) is 6.41. The summed E-state index contributed by atoms with van der Waals surface area (Å²) in [6.07, 6.45) is 0. The summed E-state index contributed by atoms with van der Waals surface area (Å²) in [5, 5.41) is 12.5. The lowest BCUT2D eigenvalue weighted by Gasteiger charge is -2.28. The Morgan fingerprint density at radius 2 is 2.09 bits per heavy atom. The Hall–Kier alpha value is -2.00. The molecular formula is C16H20N4OS. The van der Waals surface area contributed by atoms with E-state index in [1.807, 2.05) is 45.0 Å². The number of H-pyrrole nitrogens is 1. The van der Waals surface area contributed by atoms with Crippen LogP contribution in [0.5, 0.6) is 0 Å². The number of amides is 1. The van der Waals surface area contributed by atoms with Crippen LogP contribution >= 0.6 is 11.8 Å². The second-order valence-corrected chi connectivity index (χ2v) is 7.11. The Bertz CT molecular complexity index is 685. The van der Waals surface area contributed by atoms with Crippen LogP contribution in [-0.2, 0) is 4.79 Å². The fourth-order valence-electron chi connectivity index (χ4n) is 1.87. The highest BCUT2D eigenvalue weighted by Gasteiger charge is 2.32. The predicted molar refractivity (Wildman–Crippen MR) is 88.4 cm³/mol. The largest absolute Gasteiger partial charge is 0.337 e. The maximum Gasteiger partial charge on any atom is 0.234 e. The van der Waals surface area contributed by atoms with Crippen LogP contribution in [0.1, 0.15) is 27.7 Å². The molecule has 0 aliphatic heterocycles. The molecule has 6 heteroatoms. The molecule has 1 amide bonds. The van der Waals surface area contributed by atoms with E-state index in [1.54, 1.807) is 6.92 Å². The van der Waals surface area contributed by atoms with Crippen molar-refractivity contribution in [2.24, 2.45) is 5.92 Å². The molecule has 5 nitrogen and oxygen atoms in total. The molecule has 2 rings (SSSR count). The smallest absolute Gasteiger partial charge is 0.234 e. The normalized spacial score (nSPS) is 15.3. The van der Waals surface area contributed by atoms with Gasteiger partial charge >= 0.3 is 0 Å². The number of carbonyl (C=O) groups is 1. The van der Waals surface area contributed by atoms with Gasteiger partial charge in [0.25, 0.3) is 0 Å². The lowest BCUT2D eigenvalue weighted by atomic mass is 9.90. The number of aromatic amines is 1. The average Bonchev–Trinajstić information content (AvgIpc) is 2.88. The summed E-state index contributed by atoms with van der Waals surface area (Å²) >= 11 is 1.35. The number of nitrogens with one attached hydrogen (secondary N) is 2. The molecule has 2 atom stereocenters. The molecule has 0 bridgehead atoms. The highest BCUT2D eigenvalue weighted by atomic mass is 32.2. The number of benzene rings is 1. The number of aromatic nitrogens is 2. The Morgan fingerprint density at radius 3 is 2.68 bits per heavy atom. The van der Waals surface area contributed by atoms with Gasteiger partial charge in [-0.25, -0.2) is 4.98 Å². The van der Waals surface area contributed by atoms with Gasteiger partial charge in [-0.05, 0) is 31.9 Å². The number of carbonyl (C=O) groups excluding carboxylic acids is 1. The van der Waals surface area contributed by atoms with Crippen molar-refractivity contribution in [1.82, 2.24) is 15.3 Å². The molecule has 1 heterocycles. The standard InChI is InChI=1S/C16H20N4OS/c1-10(2)16(4,9-17)20-14(21)11(3)22-15-18-12-7-5-6-8-13(12)19-15/h5-8,10-11H,1-4H3,(H,18,19)(H,20,21). The van der Waals surface area contributed by atoms with Crippen molar-refractivity contribution in [3.8, 4) is 6.07 Å². The first-order chi connectivity index (χ1) is 10.4. The van der Waals surface area contributed by atoms with Crippen LogP contribution in [0.3, 0.4) is 0 Å². The van der Waals surface area contributed by atoms with Gasteiger partial charge in [-0.15, -0.1) is 0 Å². The van der Waals surface area contributed by atoms with E-state index >= 15 is 0 Å². The summed E-state index contributed by atoms with van der Waals surface area (Å²) in [5.41, 5.74) is 0.961. The van der Waals surface area contributed by atoms with Crippen molar-refractivity contribution in [3.05, 3.63) is 24.3 Å². The van der Waals surface area contributed by atoms with E-state index in [1.165, 1.54) is 11.8 Å². The number of thioether (sulfide) groups is 1. The van der Waals surface area contributed by atoms with Crippen LogP contribution in [0.4, 0.5) is 0 Å². The van der Waals surface area contributed by atoms with Gasteiger partial charge in [0.05, 0.1) is 22.4 Å². The van der Waals surface area contributed by atoms with Crippen molar-refractivity contribution >= 4 is 28.7 Å². The predicted octanol–water partition coefficient (Wildman–Crippen LogP) is 3.10. The van der Waals surface area contributed by atoms with Gasteiger partial charge in [-0.1, -0.05) is 37.7 Å². The summed E-state index contributed by atoms with van der Waals surface area (Å²) in [5.74, 6) is -0.131. The molecule has 0 saturated heterocycles. The molecule has 0 spiro atoms. The molecule has 22 heavy (non-hydrogen) atoms. The lowest BCUT2D eigenvalue weighted by molar-refractivity contribution is -0.121. The molecule has 1 aromatic carbocycles. The zero-order valence-electron chi connectivity index (χ0n) is 13.2. The van der Waals surface area contributed by atoms with E-state index in [4.69, 9.17) is 0 Å². The monoisotopic (exact) mass is 316 g/mol. The van der Waals surface area contributed by atoms with Gasteiger partial charge in [-0.3, -0.25) is 4.79 Å². The number of rotatable bonds is 5. The number of imidazole rings is 1. The van der Waals surface area contributed by atoms with E-state index in [0.29, 0.717) is 5.16 Å². The van der Waals surface area contributed by atoms with Crippen LogP contribution in [0.15, 0.2) is 29.4 Å². The van der Waals surface area contributed by atoms with Crippen molar-refractivity contribution < 1.29 is 4.79 Å². The molecule has 0 aliphatic rings. The highest BCUT2D eigenvalue weighted by Crippen LogP contribution is 2.24. The third-order valence-corrected chi connectivity index (χ3v) is 4.78. The number of para-hydroxylation sites is 2.